The van der Waals surface area contributed by atoms with Crippen molar-refractivity contribution < 1.29 is 42.3 Å². The van der Waals surface area contributed by atoms with Crippen LogP contribution < -0.4 is 10.2 Å². The number of benzene rings is 2. The van der Waals surface area contributed by atoms with Gasteiger partial charge >= 0.3 is 13.3 Å². The van der Waals surface area contributed by atoms with Crippen LogP contribution in [-0.2, 0) is 24.6 Å². The molecule has 2 aromatic heterocycles. The van der Waals surface area contributed by atoms with E-state index in [9.17, 15) is 32.5 Å². The van der Waals surface area contributed by atoms with Crippen LogP contribution in [0.3, 0.4) is 0 Å². The quantitative estimate of drug-likeness (QED) is 0.255. The van der Waals surface area contributed by atoms with Gasteiger partial charge in [0.2, 0.25) is 17.7 Å². The van der Waals surface area contributed by atoms with Crippen molar-refractivity contribution >= 4 is 69.2 Å². The molecule has 4 heterocycles. The Bertz CT molecular complexity index is 2000. The highest BCUT2D eigenvalue weighted by molar-refractivity contribution is 7.52. The smallest absolute Gasteiger partial charge is 0.340 e. The van der Waals surface area contributed by atoms with Gasteiger partial charge in [-0.3, -0.25) is 23.7 Å². The number of likely N-dealkylation sites (N-methyl/N-ethyl adjacent to an activating group) is 1. The minimum Gasteiger partial charge on any atom is -0.340 e. The molecule has 0 saturated carbocycles. The highest BCUT2D eigenvalue weighted by Crippen LogP contribution is 2.59. The summed E-state index contributed by atoms with van der Waals surface area (Å²) < 4.78 is 40.5. The van der Waals surface area contributed by atoms with Crippen molar-refractivity contribution in [2.75, 3.05) is 25.0 Å². The molecule has 0 spiro atoms. The van der Waals surface area contributed by atoms with E-state index in [1.54, 1.807) is 37.5 Å². The van der Waals surface area contributed by atoms with Gasteiger partial charge < -0.3 is 29.8 Å². The fourth-order valence-electron chi connectivity index (χ4n) is 6.29. The lowest BCUT2D eigenvalue weighted by Crippen LogP contribution is -2.61. The molecule has 0 bridgehead atoms. The zero-order valence-electron chi connectivity index (χ0n) is 25.7. The van der Waals surface area contributed by atoms with Gasteiger partial charge in [0, 0.05) is 54.4 Å². The minimum atomic E-state index is -5.80. The Morgan fingerprint density at radius 3 is 2.56 bits per heavy atom. The van der Waals surface area contributed by atoms with Crippen LogP contribution in [0.5, 0.6) is 0 Å². The van der Waals surface area contributed by atoms with Crippen LogP contribution in [0.2, 0.25) is 0 Å². The Morgan fingerprint density at radius 1 is 1.06 bits per heavy atom. The van der Waals surface area contributed by atoms with E-state index in [-0.39, 0.29) is 34.7 Å². The summed E-state index contributed by atoms with van der Waals surface area (Å²) in [5.74, 6) is -1.84. The van der Waals surface area contributed by atoms with Crippen molar-refractivity contribution in [3.8, 4) is 0 Å². The predicted molar refractivity (Wildman–Crippen MR) is 172 cm³/mol. The number of hydrogen-bond donors (Lipinski definition) is 3. The number of rotatable bonds is 6. The number of fused-ring (bicyclic) bond motifs is 3. The standard InChI is InChI=1S/C31H31F2N6O7PS/c1-17(40)38-12-10-21-5-7-25(30(43)37(2)22-4-6-23-18(14-22)9-11-34-36-23)39(21)29(42)24(16-38)35-28(41)27-15-19-13-20(3-8-26(19)48-27)31(32,33)47(44,45)46/h3-4,6,8-9,11,13-15,21,24-25H,5,7,10,12,16H2,1-2H3,(H,35,41)(H2,44,45,46)/t21-,24+,25+/m1/s1. The second-order valence-electron chi connectivity index (χ2n) is 11.9. The molecule has 3 atom stereocenters. The van der Waals surface area contributed by atoms with Gasteiger partial charge in [-0.1, -0.05) is 6.07 Å². The molecular weight excluding hydrogens is 669 g/mol. The predicted octanol–water partition coefficient (Wildman–Crippen LogP) is 3.44. The number of aromatic nitrogens is 2. The molecule has 2 aliphatic rings. The van der Waals surface area contributed by atoms with Crippen LogP contribution in [-0.4, -0.2) is 91.7 Å². The van der Waals surface area contributed by atoms with E-state index in [0.29, 0.717) is 41.7 Å². The lowest BCUT2D eigenvalue weighted by atomic mass is 10.1. The number of nitrogens with one attached hydrogen (secondary N) is 1. The molecule has 6 rings (SSSR count). The van der Waals surface area contributed by atoms with E-state index >= 15 is 0 Å². The van der Waals surface area contributed by atoms with Gasteiger partial charge in [0.1, 0.15) is 12.1 Å². The van der Waals surface area contributed by atoms with Gasteiger partial charge in [-0.25, -0.2) is 0 Å². The van der Waals surface area contributed by atoms with Crippen LogP contribution in [0.1, 0.15) is 41.4 Å². The van der Waals surface area contributed by atoms with E-state index in [2.05, 4.69) is 15.5 Å². The van der Waals surface area contributed by atoms with E-state index in [1.165, 1.54) is 33.8 Å². The van der Waals surface area contributed by atoms with Crippen molar-refractivity contribution in [2.45, 2.75) is 50.0 Å². The first-order valence-electron chi connectivity index (χ1n) is 15.0. The van der Waals surface area contributed by atoms with Crippen molar-refractivity contribution in [1.29, 1.82) is 0 Å². The van der Waals surface area contributed by atoms with Crippen molar-refractivity contribution in [1.82, 2.24) is 25.3 Å². The molecule has 2 fully saturated rings. The lowest BCUT2D eigenvalue weighted by Gasteiger charge is -2.39. The maximum Gasteiger partial charge on any atom is 0.399 e. The van der Waals surface area contributed by atoms with Crippen LogP contribution in [0.4, 0.5) is 14.5 Å². The number of anilines is 1. The largest absolute Gasteiger partial charge is 0.399 e. The molecular formula is C31H31F2N6O7PS. The summed E-state index contributed by atoms with van der Waals surface area (Å²) >= 11 is 0.940. The second kappa shape index (κ2) is 12.6. The van der Waals surface area contributed by atoms with Gasteiger partial charge in [-0.2, -0.15) is 19.0 Å². The number of alkyl halides is 2. The highest BCUT2D eigenvalue weighted by Gasteiger charge is 2.50. The van der Waals surface area contributed by atoms with E-state index < -0.39 is 42.7 Å². The molecule has 0 radical (unpaired) electrons. The number of carbonyl (C=O) groups excluding carboxylic acids is 4. The summed E-state index contributed by atoms with van der Waals surface area (Å²) in [4.78, 5) is 76.9. The molecule has 4 aromatic rings. The summed E-state index contributed by atoms with van der Waals surface area (Å²) in [6.45, 7) is 1.53. The fraction of sp³-hybridized carbons (Fsp3) is 0.355. The van der Waals surface area contributed by atoms with Crippen molar-refractivity contribution in [2.24, 2.45) is 0 Å². The van der Waals surface area contributed by atoms with Gasteiger partial charge in [-0.05, 0) is 67.1 Å². The fourth-order valence-corrected chi connectivity index (χ4v) is 7.71. The van der Waals surface area contributed by atoms with Gasteiger partial charge in [0.15, 0.2) is 0 Å². The Labute approximate surface area is 276 Å². The molecule has 2 aliphatic heterocycles. The molecule has 48 heavy (non-hydrogen) atoms. The summed E-state index contributed by atoms with van der Waals surface area (Å²) in [5.41, 5.74) is -4.07. The Balaban J connectivity index is 1.26. The zero-order valence-corrected chi connectivity index (χ0v) is 27.5. The summed E-state index contributed by atoms with van der Waals surface area (Å²) in [6, 6.07) is 9.00. The van der Waals surface area contributed by atoms with Crippen LogP contribution in [0, 0.1) is 0 Å². The lowest BCUT2D eigenvalue weighted by molar-refractivity contribution is -0.144. The third kappa shape index (κ3) is 6.16. The number of halogens is 2. The highest BCUT2D eigenvalue weighted by atomic mass is 32.1. The molecule has 0 aliphatic carbocycles. The maximum atomic E-state index is 14.3. The second-order valence-corrected chi connectivity index (χ2v) is 14.6. The minimum absolute atomic E-state index is 0.0530. The molecule has 3 N–H and O–H groups in total. The van der Waals surface area contributed by atoms with Gasteiger partial charge in [0.05, 0.1) is 16.6 Å². The first-order valence-corrected chi connectivity index (χ1v) is 17.4. The molecule has 252 valence electrons. The third-order valence-electron chi connectivity index (χ3n) is 8.89. The average Bonchev–Trinajstić information content (AvgIpc) is 3.67. The van der Waals surface area contributed by atoms with E-state index in [1.807, 2.05) is 0 Å². The maximum absolute atomic E-state index is 14.3. The van der Waals surface area contributed by atoms with Gasteiger partial charge in [0.25, 0.3) is 5.91 Å². The summed E-state index contributed by atoms with van der Waals surface area (Å²) in [5, 5.41) is 11.6. The number of carbonyl (C=O) groups is 4. The topological polar surface area (TPSA) is 173 Å². The summed E-state index contributed by atoms with van der Waals surface area (Å²) in [6.07, 6.45) is 2.91. The first kappa shape index (κ1) is 33.5. The summed E-state index contributed by atoms with van der Waals surface area (Å²) in [7, 11) is -4.18. The SMILES string of the molecule is CC(=O)N1CC[C@H]2CC[C@@H](C(=O)N(C)c3ccc4nnccc4c3)N2C(=O)[C@@H](NC(=O)c2cc3cc(C(F)(F)P(=O)(O)O)ccc3s2)C1. The Kier molecular flexibility index (Phi) is 8.79. The molecule has 2 aromatic carbocycles. The van der Waals surface area contributed by atoms with Crippen molar-refractivity contribution in [3.63, 3.8) is 0 Å². The van der Waals surface area contributed by atoms with Crippen molar-refractivity contribution in [3.05, 3.63) is 65.2 Å². The van der Waals surface area contributed by atoms with E-state index in [0.717, 1.165) is 28.9 Å². The molecule has 0 unspecified atom stereocenters. The molecule has 17 heteroatoms. The van der Waals surface area contributed by atoms with Crippen LogP contribution in [0.15, 0.2) is 54.7 Å². The van der Waals surface area contributed by atoms with E-state index in [4.69, 9.17) is 9.79 Å². The molecule has 13 nitrogen and oxygen atoms in total. The molecule has 2 saturated heterocycles. The van der Waals surface area contributed by atoms with Crippen LogP contribution in [0.25, 0.3) is 21.0 Å². The molecule has 4 amide bonds. The zero-order chi connectivity index (χ0) is 34.5. The van der Waals surface area contributed by atoms with Crippen LogP contribution >= 0.6 is 18.9 Å². The number of amides is 4. The van der Waals surface area contributed by atoms with Gasteiger partial charge in [-0.15, -0.1) is 11.3 Å². The average molecular weight is 701 g/mol. The first-order chi connectivity index (χ1) is 22.7. The number of nitrogens with zero attached hydrogens (tertiary/aromatic N) is 5. The Hall–Kier alpha value is -4.37. The monoisotopic (exact) mass is 700 g/mol. The Morgan fingerprint density at radius 2 is 1.83 bits per heavy atom. The normalized spacial score (nSPS) is 20.4. The third-order valence-corrected chi connectivity index (χ3v) is 11.0. The number of hydrogen-bond acceptors (Lipinski definition) is 8. The number of thiophene rings is 1.